The van der Waals surface area contributed by atoms with Crippen LogP contribution in [0.4, 0.5) is 17.1 Å². The second-order valence-corrected chi connectivity index (χ2v) is 11.1. The summed E-state index contributed by atoms with van der Waals surface area (Å²) in [5.41, 5.74) is 5.68. The van der Waals surface area contributed by atoms with E-state index in [0.29, 0.717) is 28.2 Å². The van der Waals surface area contributed by atoms with Crippen LogP contribution in [0, 0.1) is 0 Å². The van der Waals surface area contributed by atoms with Gasteiger partial charge in [0.15, 0.2) is 0 Å². The van der Waals surface area contributed by atoms with Crippen molar-refractivity contribution in [3.05, 3.63) is 89.5 Å². The Labute approximate surface area is 217 Å². The summed E-state index contributed by atoms with van der Waals surface area (Å²) in [6.07, 6.45) is 0. The number of carbonyl (C=O) groups is 1. The molecule has 2 aliphatic rings. The highest BCUT2D eigenvalue weighted by atomic mass is 32.2. The molecule has 3 N–H and O–H groups in total. The van der Waals surface area contributed by atoms with E-state index in [1.165, 1.54) is 5.56 Å². The summed E-state index contributed by atoms with van der Waals surface area (Å²) in [6, 6.07) is 22.9. The van der Waals surface area contributed by atoms with E-state index < -0.39 is 10.0 Å². The number of ether oxygens (including phenoxy) is 1. The Morgan fingerprint density at radius 3 is 2.38 bits per heavy atom. The van der Waals surface area contributed by atoms with Crippen LogP contribution in [0.15, 0.2) is 72.8 Å². The lowest BCUT2D eigenvalue weighted by molar-refractivity contribution is -0.110. The fourth-order valence-electron chi connectivity index (χ4n) is 4.47. The number of hydrogen-bond acceptors (Lipinski definition) is 6. The number of sulfonamides is 1. The molecule has 1 fully saturated rings. The molecule has 0 atom stereocenters. The number of hydrogen-bond donors (Lipinski definition) is 3. The molecule has 0 unspecified atom stereocenters. The molecule has 0 aliphatic carbocycles. The Kier molecular flexibility index (Phi) is 7.27. The van der Waals surface area contributed by atoms with Crippen LogP contribution in [-0.4, -0.2) is 51.3 Å². The smallest absolute Gasteiger partial charge is 0.258 e. The van der Waals surface area contributed by atoms with Crippen molar-refractivity contribution >= 4 is 44.3 Å². The molecule has 8 nitrogen and oxygen atoms in total. The van der Waals surface area contributed by atoms with Gasteiger partial charge in [0.05, 0.1) is 30.2 Å². The summed E-state index contributed by atoms with van der Waals surface area (Å²) in [5, 5.41) is 6.38. The average Bonchev–Trinajstić information content (AvgIpc) is 3.24. The van der Waals surface area contributed by atoms with E-state index in [2.05, 4.69) is 32.4 Å². The van der Waals surface area contributed by atoms with Crippen LogP contribution in [0.5, 0.6) is 0 Å². The van der Waals surface area contributed by atoms with Crippen LogP contribution in [0.1, 0.15) is 23.6 Å². The van der Waals surface area contributed by atoms with Crippen molar-refractivity contribution in [1.29, 1.82) is 0 Å². The van der Waals surface area contributed by atoms with Crippen LogP contribution in [0.2, 0.25) is 0 Å². The molecule has 5 rings (SSSR count). The molecule has 3 aromatic rings. The van der Waals surface area contributed by atoms with Crippen LogP contribution >= 0.6 is 0 Å². The molecule has 2 heterocycles. The Bertz CT molecular complexity index is 1410. The van der Waals surface area contributed by atoms with E-state index in [0.717, 1.165) is 44.1 Å². The van der Waals surface area contributed by atoms with Crippen molar-refractivity contribution < 1.29 is 17.9 Å². The Morgan fingerprint density at radius 2 is 1.68 bits per heavy atom. The first kappa shape index (κ1) is 25.0. The first-order valence-electron chi connectivity index (χ1n) is 12.3. The summed E-state index contributed by atoms with van der Waals surface area (Å²) in [4.78, 5) is 15.6. The average molecular weight is 519 g/mol. The predicted octanol–water partition coefficient (Wildman–Crippen LogP) is 4.21. The van der Waals surface area contributed by atoms with Crippen LogP contribution in [0.25, 0.3) is 11.3 Å². The molecule has 1 amide bonds. The molecule has 0 aromatic heterocycles. The van der Waals surface area contributed by atoms with Crippen LogP contribution in [0.3, 0.4) is 0 Å². The fourth-order valence-corrected chi connectivity index (χ4v) is 5.10. The third-order valence-electron chi connectivity index (χ3n) is 6.46. The number of carbonyl (C=O) groups excluding carboxylic acids is 1. The third kappa shape index (κ3) is 5.85. The van der Waals surface area contributed by atoms with Gasteiger partial charge in [-0.25, -0.2) is 8.42 Å². The van der Waals surface area contributed by atoms with E-state index in [1.807, 2.05) is 42.5 Å². The third-order valence-corrected chi connectivity index (χ3v) is 7.77. The Morgan fingerprint density at radius 1 is 0.973 bits per heavy atom. The molecule has 0 saturated carbocycles. The lowest BCUT2D eigenvalue weighted by Gasteiger charge is -2.26. The molecular formula is C28H30N4O4S. The van der Waals surface area contributed by atoms with E-state index >= 15 is 0 Å². The van der Waals surface area contributed by atoms with Gasteiger partial charge in [-0.15, -0.1) is 0 Å². The highest BCUT2D eigenvalue weighted by Crippen LogP contribution is 2.39. The van der Waals surface area contributed by atoms with Crippen molar-refractivity contribution in [3.8, 4) is 0 Å². The van der Waals surface area contributed by atoms with E-state index in [4.69, 9.17) is 4.74 Å². The van der Waals surface area contributed by atoms with Crippen molar-refractivity contribution in [1.82, 2.24) is 4.90 Å². The zero-order chi connectivity index (χ0) is 25.8. The van der Waals surface area contributed by atoms with Gasteiger partial charge in [-0.2, -0.15) is 0 Å². The number of rotatable bonds is 8. The van der Waals surface area contributed by atoms with Crippen molar-refractivity contribution in [2.75, 3.05) is 47.4 Å². The first-order valence-corrected chi connectivity index (χ1v) is 14.0. The van der Waals surface area contributed by atoms with Crippen LogP contribution < -0.4 is 15.4 Å². The molecular weight excluding hydrogens is 488 g/mol. The zero-order valence-corrected chi connectivity index (χ0v) is 21.5. The second-order valence-electron chi connectivity index (χ2n) is 9.05. The zero-order valence-electron chi connectivity index (χ0n) is 20.7. The van der Waals surface area contributed by atoms with Gasteiger partial charge < -0.3 is 15.4 Å². The maximum Gasteiger partial charge on any atom is 0.258 e. The largest absolute Gasteiger partial charge is 0.379 e. The molecule has 0 bridgehead atoms. The van der Waals surface area contributed by atoms with Gasteiger partial charge in [0.2, 0.25) is 10.0 Å². The van der Waals surface area contributed by atoms with Gasteiger partial charge >= 0.3 is 0 Å². The van der Waals surface area contributed by atoms with Gasteiger partial charge in [0.1, 0.15) is 0 Å². The highest BCUT2D eigenvalue weighted by molar-refractivity contribution is 7.92. The van der Waals surface area contributed by atoms with Gasteiger partial charge in [-0.1, -0.05) is 42.5 Å². The Hall–Kier alpha value is -3.66. The molecule has 0 spiro atoms. The van der Waals surface area contributed by atoms with Gasteiger partial charge in [-0.05, 0) is 48.4 Å². The number of fused-ring (bicyclic) bond motifs is 1. The first-order chi connectivity index (χ1) is 17.9. The minimum absolute atomic E-state index is 0.0394. The number of amides is 1. The maximum absolute atomic E-state index is 13.2. The van der Waals surface area contributed by atoms with Crippen molar-refractivity contribution in [2.24, 2.45) is 0 Å². The summed E-state index contributed by atoms with van der Waals surface area (Å²) >= 11 is 0. The van der Waals surface area contributed by atoms with E-state index in [9.17, 15) is 13.2 Å². The number of morpholine rings is 1. The minimum atomic E-state index is -3.45. The highest BCUT2D eigenvalue weighted by Gasteiger charge is 2.29. The minimum Gasteiger partial charge on any atom is -0.379 e. The van der Waals surface area contributed by atoms with Gasteiger partial charge in [0.25, 0.3) is 5.91 Å². The van der Waals surface area contributed by atoms with Gasteiger partial charge in [-0.3, -0.25) is 14.4 Å². The topological polar surface area (TPSA) is 99.8 Å². The molecule has 192 valence electrons. The van der Waals surface area contributed by atoms with Crippen molar-refractivity contribution in [3.63, 3.8) is 0 Å². The van der Waals surface area contributed by atoms with Crippen molar-refractivity contribution in [2.45, 2.75) is 13.5 Å². The standard InChI is InChI=1S/C28H30N4O4S/c1-2-37(34,35)31-23-12-13-25-24(18-23)26(28(33)30-25)27(21-6-4-3-5-7-21)29-22-10-8-20(9-11-22)19-32-14-16-36-17-15-32/h3-13,18,29,31H,2,14-17,19H2,1H3,(H,30,33)/b27-26-. The molecule has 1 saturated heterocycles. The number of benzene rings is 3. The Balaban J connectivity index is 1.49. The predicted molar refractivity (Wildman–Crippen MR) is 148 cm³/mol. The number of anilines is 3. The number of nitrogens with one attached hydrogen (secondary N) is 3. The maximum atomic E-state index is 13.2. The lowest BCUT2D eigenvalue weighted by Crippen LogP contribution is -2.35. The molecule has 9 heteroatoms. The molecule has 0 radical (unpaired) electrons. The summed E-state index contributed by atoms with van der Waals surface area (Å²) in [6.45, 7) is 5.82. The SMILES string of the molecule is CCS(=O)(=O)Nc1ccc2c(c1)/C(=C(/Nc1ccc(CN3CCOCC3)cc1)c1ccccc1)C(=O)N2. The fraction of sp³-hybridized carbons (Fsp3) is 0.250. The molecule has 37 heavy (non-hydrogen) atoms. The quantitative estimate of drug-likeness (QED) is 0.387. The van der Waals surface area contributed by atoms with Crippen LogP contribution in [-0.2, 0) is 26.1 Å². The van der Waals surface area contributed by atoms with E-state index in [1.54, 1.807) is 25.1 Å². The normalized spacial score (nSPS) is 17.2. The monoisotopic (exact) mass is 518 g/mol. The second kappa shape index (κ2) is 10.8. The summed E-state index contributed by atoms with van der Waals surface area (Å²) in [5.74, 6) is -0.289. The molecule has 2 aliphatic heterocycles. The summed E-state index contributed by atoms with van der Waals surface area (Å²) in [7, 11) is -3.45. The van der Waals surface area contributed by atoms with E-state index in [-0.39, 0.29) is 11.7 Å². The number of nitrogens with zero attached hydrogens (tertiary/aromatic N) is 1. The molecule has 3 aromatic carbocycles. The lowest BCUT2D eigenvalue weighted by atomic mass is 9.99. The summed E-state index contributed by atoms with van der Waals surface area (Å²) < 4.78 is 32.3. The van der Waals surface area contributed by atoms with Gasteiger partial charge in [0, 0.05) is 42.3 Å².